The fourth-order valence-corrected chi connectivity index (χ4v) is 6.69. The number of fused-ring (bicyclic) bond motifs is 3. The number of hydrogen-bond donors (Lipinski definition) is 1. The normalized spacial score (nSPS) is 18.9. The number of aliphatic hydroxyl groups is 1. The lowest BCUT2D eigenvalue weighted by Crippen LogP contribution is -2.35. The Morgan fingerprint density at radius 1 is 0.611 bits per heavy atom. The highest BCUT2D eigenvalue weighted by Gasteiger charge is 2.55. The summed E-state index contributed by atoms with van der Waals surface area (Å²) in [6.45, 7) is 0.0458. The summed E-state index contributed by atoms with van der Waals surface area (Å²) in [5.41, 5.74) is 9.41. The molecule has 5 aromatic carbocycles. The van der Waals surface area contributed by atoms with Gasteiger partial charge in [0.05, 0.1) is 12.0 Å². The highest BCUT2D eigenvalue weighted by Crippen LogP contribution is 2.67. The van der Waals surface area contributed by atoms with E-state index in [4.69, 9.17) is 0 Å². The molecule has 1 nitrogen and oxygen atoms in total. The maximum atomic E-state index is 11.2. The molecule has 0 bridgehead atoms. The summed E-state index contributed by atoms with van der Waals surface area (Å²) in [4.78, 5) is 0. The summed E-state index contributed by atoms with van der Waals surface area (Å²) < 4.78 is 0. The Morgan fingerprint density at radius 3 is 1.89 bits per heavy atom. The van der Waals surface area contributed by atoms with E-state index >= 15 is 0 Å². The third kappa shape index (κ3) is 2.81. The quantitative estimate of drug-likeness (QED) is 0.282. The fraction of sp³-hybridized carbons (Fsp3) is 0.0857. The van der Waals surface area contributed by atoms with Crippen molar-refractivity contribution in [2.24, 2.45) is 0 Å². The molecule has 2 unspecified atom stereocenters. The summed E-state index contributed by atoms with van der Waals surface area (Å²) >= 11 is 0. The predicted molar refractivity (Wildman–Crippen MR) is 150 cm³/mol. The molecule has 0 spiro atoms. The van der Waals surface area contributed by atoms with E-state index in [0.717, 1.165) is 5.56 Å². The van der Waals surface area contributed by atoms with Crippen molar-refractivity contribution in [2.45, 2.75) is 11.3 Å². The van der Waals surface area contributed by atoms with E-state index < -0.39 is 5.41 Å². The van der Waals surface area contributed by atoms with Crippen molar-refractivity contribution in [1.29, 1.82) is 0 Å². The lowest BCUT2D eigenvalue weighted by molar-refractivity contribution is 0.246. The van der Waals surface area contributed by atoms with Gasteiger partial charge < -0.3 is 5.11 Å². The van der Waals surface area contributed by atoms with Crippen molar-refractivity contribution in [3.8, 4) is 0 Å². The van der Waals surface area contributed by atoms with Gasteiger partial charge in [0.15, 0.2) is 0 Å². The van der Waals surface area contributed by atoms with Crippen LogP contribution < -0.4 is 0 Å². The molecule has 0 fully saturated rings. The van der Waals surface area contributed by atoms with Crippen molar-refractivity contribution >= 4 is 27.5 Å². The van der Waals surface area contributed by atoms with E-state index in [2.05, 4.69) is 133 Å². The highest BCUT2D eigenvalue weighted by molar-refractivity contribution is 6.22. The van der Waals surface area contributed by atoms with Gasteiger partial charge >= 0.3 is 0 Å². The van der Waals surface area contributed by atoms with Gasteiger partial charge in [-0.2, -0.15) is 0 Å². The second-order valence-corrected chi connectivity index (χ2v) is 9.74. The van der Waals surface area contributed by atoms with Gasteiger partial charge in [0.25, 0.3) is 0 Å². The van der Waals surface area contributed by atoms with Crippen LogP contribution in [0.15, 0.2) is 133 Å². The SMILES string of the molecule is OCC(c1ccccc1)C12C(c3ccccc3)=CC(c3ccccc3)=C1c1cccc3cccc2c13. The lowest BCUT2D eigenvalue weighted by atomic mass is 9.61. The summed E-state index contributed by atoms with van der Waals surface area (Å²) in [5.74, 6) is -0.139. The van der Waals surface area contributed by atoms with Crippen LogP contribution in [0.1, 0.15) is 33.7 Å². The number of benzene rings is 5. The van der Waals surface area contributed by atoms with Gasteiger partial charge in [0.2, 0.25) is 0 Å². The second kappa shape index (κ2) is 8.19. The Labute approximate surface area is 211 Å². The maximum Gasteiger partial charge on any atom is 0.0566 e. The Hall–Kier alpha value is -4.20. The zero-order valence-corrected chi connectivity index (χ0v) is 19.9. The zero-order chi connectivity index (χ0) is 24.1. The standard InChI is InChI=1S/C35H26O/c36-23-32(26-16-8-3-9-17-26)35-30-21-11-19-27-18-10-20-28(33(27)30)34(35)29(24-12-4-1-5-13-24)22-31(35)25-14-6-2-7-15-25/h1-22,32,36H,23H2. The van der Waals surface area contributed by atoms with Crippen molar-refractivity contribution in [2.75, 3.05) is 6.61 Å². The van der Waals surface area contributed by atoms with Crippen LogP contribution >= 0.6 is 0 Å². The smallest absolute Gasteiger partial charge is 0.0566 e. The molecule has 5 aromatic rings. The molecule has 0 radical (unpaired) electrons. The predicted octanol–water partition coefficient (Wildman–Crippen LogP) is 7.88. The van der Waals surface area contributed by atoms with E-state index in [1.54, 1.807) is 0 Å². The number of hydrogen-bond acceptors (Lipinski definition) is 1. The Balaban J connectivity index is 1.66. The monoisotopic (exact) mass is 462 g/mol. The molecule has 1 N–H and O–H groups in total. The molecule has 1 heteroatoms. The van der Waals surface area contributed by atoms with Crippen LogP contribution in [-0.2, 0) is 5.41 Å². The number of aliphatic hydroxyl groups excluding tert-OH is 1. The van der Waals surface area contributed by atoms with Gasteiger partial charge in [-0.1, -0.05) is 127 Å². The van der Waals surface area contributed by atoms with Gasteiger partial charge in [-0.05, 0) is 61.4 Å². The van der Waals surface area contributed by atoms with Crippen LogP contribution in [0.5, 0.6) is 0 Å². The molecule has 2 aliphatic rings. The molecule has 2 aliphatic carbocycles. The Morgan fingerprint density at radius 2 is 1.22 bits per heavy atom. The van der Waals surface area contributed by atoms with Crippen LogP contribution in [0, 0.1) is 0 Å². The van der Waals surface area contributed by atoms with Crippen LogP contribution in [0.25, 0.3) is 27.5 Å². The first-order chi connectivity index (χ1) is 17.8. The molecule has 0 aromatic heterocycles. The van der Waals surface area contributed by atoms with Gasteiger partial charge in [0, 0.05) is 5.92 Å². The highest BCUT2D eigenvalue weighted by atomic mass is 16.3. The minimum atomic E-state index is -0.508. The molecule has 2 atom stereocenters. The molecule has 7 rings (SSSR count). The number of rotatable bonds is 5. The molecule has 0 aliphatic heterocycles. The molecular formula is C35H26O. The van der Waals surface area contributed by atoms with Crippen molar-refractivity contribution in [3.05, 3.63) is 161 Å². The van der Waals surface area contributed by atoms with E-state index in [9.17, 15) is 5.11 Å². The molecule has 172 valence electrons. The zero-order valence-electron chi connectivity index (χ0n) is 19.9. The van der Waals surface area contributed by atoms with Gasteiger partial charge in [-0.15, -0.1) is 0 Å². The Bertz CT molecular complexity index is 1640. The Kier molecular flexibility index (Phi) is 4.80. The van der Waals surface area contributed by atoms with Gasteiger partial charge in [-0.3, -0.25) is 0 Å². The molecule has 0 saturated heterocycles. The second-order valence-electron chi connectivity index (χ2n) is 9.74. The van der Waals surface area contributed by atoms with Crippen molar-refractivity contribution in [3.63, 3.8) is 0 Å². The summed E-state index contributed by atoms with van der Waals surface area (Å²) in [6.07, 6.45) is 2.39. The van der Waals surface area contributed by atoms with E-state index in [0.29, 0.717) is 0 Å². The van der Waals surface area contributed by atoms with Crippen molar-refractivity contribution < 1.29 is 5.11 Å². The van der Waals surface area contributed by atoms with Crippen LogP contribution in [0.4, 0.5) is 0 Å². The maximum absolute atomic E-state index is 11.2. The molecule has 0 amide bonds. The van der Waals surface area contributed by atoms with Crippen LogP contribution in [0.3, 0.4) is 0 Å². The third-order valence-corrected chi connectivity index (χ3v) is 8.05. The number of allylic oxidation sites excluding steroid dienone is 4. The van der Waals surface area contributed by atoms with Gasteiger partial charge in [-0.25, -0.2) is 0 Å². The van der Waals surface area contributed by atoms with E-state index in [-0.39, 0.29) is 12.5 Å². The summed E-state index contributed by atoms with van der Waals surface area (Å²) in [7, 11) is 0. The van der Waals surface area contributed by atoms with Gasteiger partial charge in [0.1, 0.15) is 0 Å². The summed E-state index contributed by atoms with van der Waals surface area (Å²) in [6, 6.07) is 45.3. The first-order valence-corrected chi connectivity index (χ1v) is 12.6. The van der Waals surface area contributed by atoms with E-state index in [1.807, 2.05) is 0 Å². The summed E-state index contributed by atoms with van der Waals surface area (Å²) in [5, 5.41) is 13.7. The molecule has 0 saturated carbocycles. The first-order valence-electron chi connectivity index (χ1n) is 12.6. The lowest BCUT2D eigenvalue weighted by Gasteiger charge is -2.40. The van der Waals surface area contributed by atoms with Crippen LogP contribution in [0.2, 0.25) is 0 Å². The minimum absolute atomic E-state index is 0.0458. The topological polar surface area (TPSA) is 20.2 Å². The third-order valence-electron chi connectivity index (χ3n) is 8.05. The average molecular weight is 463 g/mol. The average Bonchev–Trinajstić information content (AvgIpc) is 3.44. The van der Waals surface area contributed by atoms with Crippen LogP contribution in [-0.4, -0.2) is 11.7 Å². The van der Waals surface area contributed by atoms with E-state index in [1.165, 1.54) is 49.7 Å². The molecule has 36 heavy (non-hydrogen) atoms. The largest absolute Gasteiger partial charge is 0.396 e. The van der Waals surface area contributed by atoms with Crippen molar-refractivity contribution in [1.82, 2.24) is 0 Å². The fourth-order valence-electron chi connectivity index (χ4n) is 6.69. The minimum Gasteiger partial charge on any atom is -0.396 e. The molecular weight excluding hydrogens is 436 g/mol. The molecule has 0 heterocycles. The first kappa shape index (κ1) is 21.1.